The van der Waals surface area contributed by atoms with Gasteiger partial charge in [0.15, 0.2) is 0 Å². The number of nitrogens with zero attached hydrogens (tertiary/aromatic N) is 1. The summed E-state index contributed by atoms with van der Waals surface area (Å²) in [5, 5.41) is 4.53. The minimum atomic E-state index is 1.07. The van der Waals surface area contributed by atoms with Gasteiger partial charge >= 0.3 is 0 Å². The molecule has 0 radical (unpaired) electrons. The van der Waals surface area contributed by atoms with E-state index in [1.165, 1.54) is 23.4 Å². The fraction of sp³-hybridized carbons (Fsp3) is 0.444. The van der Waals surface area contributed by atoms with Gasteiger partial charge in [-0.05, 0) is 25.0 Å². The predicted molar refractivity (Wildman–Crippen MR) is 52.8 cm³/mol. The highest BCUT2D eigenvalue weighted by atomic mass is 32.2. The Labute approximate surface area is 76.8 Å². The molecule has 0 fully saturated rings. The van der Waals surface area contributed by atoms with E-state index in [0.29, 0.717) is 0 Å². The maximum absolute atomic E-state index is 4.38. The molecule has 3 heteroatoms. The van der Waals surface area contributed by atoms with E-state index in [4.69, 9.17) is 0 Å². The second kappa shape index (κ2) is 3.35. The summed E-state index contributed by atoms with van der Waals surface area (Å²) in [5.41, 5.74) is 2.43. The second-order valence-corrected chi connectivity index (χ2v) is 4.08. The number of nitrogens with one attached hydrogen (secondary N) is 1. The minimum absolute atomic E-state index is 1.07. The van der Waals surface area contributed by atoms with Crippen molar-refractivity contribution < 1.29 is 0 Å². The van der Waals surface area contributed by atoms with Crippen molar-refractivity contribution >= 4 is 17.4 Å². The smallest absolute Gasteiger partial charge is 0.119 e. The molecule has 1 aliphatic heterocycles. The van der Waals surface area contributed by atoms with E-state index in [9.17, 15) is 0 Å². The third-order valence-electron chi connectivity index (χ3n) is 1.86. The molecule has 0 saturated carbocycles. The fourth-order valence-corrected chi connectivity index (χ4v) is 2.16. The lowest BCUT2D eigenvalue weighted by Crippen LogP contribution is -2.00. The van der Waals surface area contributed by atoms with Gasteiger partial charge in [0.2, 0.25) is 0 Å². The zero-order valence-corrected chi connectivity index (χ0v) is 7.95. The average molecular weight is 180 g/mol. The monoisotopic (exact) mass is 180 g/mol. The quantitative estimate of drug-likeness (QED) is 0.663. The molecular formula is C9H12N2S. The number of hydrogen-bond acceptors (Lipinski definition) is 3. The van der Waals surface area contributed by atoms with Crippen LogP contribution in [-0.2, 0) is 0 Å². The summed E-state index contributed by atoms with van der Waals surface area (Å²) in [7, 11) is 0. The SMILES string of the molecule is Cc1cnc2c(c1)NCCCS2. The topological polar surface area (TPSA) is 24.9 Å². The normalized spacial score (nSPS) is 16.1. The van der Waals surface area contributed by atoms with Crippen LogP contribution in [0, 0.1) is 6.92 Å². The predicted octanol–water partition coefficient (Wildman–Crippen LogP) is 2.30. The molecule has 2 nitrogen and oxygen atoms in total. The number of hydrogen-bond donors (Lipinski definition) is 1. The minimum Gasteiger partial charge on any atom is -0.383 e. The number of pyridine rings is 1. The Morgan fingerprint density at radius 2 is 2.50 bits per heavy atom. The molecule has 1 N–H and O–H groups in total. The third-order valence-corrected chi connectivity index (χ3v) is 2.95. The molecular weight excluding hydrogens is 168 g/mol. The van der Waals surface area contributed by atoms with Crippen molar-refractivity contribution in [1.82, 2.24) is 4.98 Å². The van der Waals surface area contributed by atoms with E-state index < -0.39 is 0 Å². The van der Waals surface area contributed by atoms with Crippen LogP contribution in [-0.4, -0.2) is 17.3 Å². The van der Waals surface area contributed by atoms with Gasteiger partial charge in [-0.1, -0.05) is 0 Å². The van der Waals surface area contributed by atoms with Gasteiger partial charge in [0.1, 0.15) is 5.03 Å². The maximum atomic E-state index is 4.38. The highest BCUT2D eigenvalue weighted by Gasteiger charge is 2.07. The summed E-state index contributed by atoms with van der Waals surface area (Å²) in [6.45, 7) is 3.15. The van der Waals surface area contributed by atoms with Crippen molar-refractivity contribution in [2.45, 2.75) is 18.4 Å². The molecule has 0 amide bonds. The molecule has 1 aromatic heterocycles. The van der Waals surface area contributed by atoms with Crippen LogP contribution in [0.25, 0.3) is 0 Å². The summed E-state index contributed by atoms with van der Waals surface area (Å²) in [6, 6.07) is 2.17. The van der Waals surface area contributed by atoms with Gasteiger partial charge in [0.05, 0.1) is 5.69 Å². The molecule has 0 aromatic carbocycles. The molecule has 1 aliphatic rings. The lowest BCUT2D eigenvalue weighted by atomic mass is 10.3. The molecule has 2 rings (SSSR count). The van der Waals surface area contributed by atoms with E-state index in [-0.39, 0.29) is 0 Å². The first-order valence-electron chi connectivity index (χ1n) is 4.19. The maximum Gasteiger partial charge on any atom is 0.119 e. The van der Waals surface area contributed by atoms with E-state index >= 15 is 0 Å². The zero-order valence-electron chi connectivity index (χ0n) is 7.13. The second-order valence-electron chi connectivity index (χ2n) is 2.99. The first kappa shape index (κ1) is 7.92. The molecule has 0 unspecified atom stereocenters. The van der Waals surface area contributed by atoms with Crippen LogP contribution in [0.1, 0.15) is 12.0 Å². The van der Waals surface area contributed by atoms with Crippen LogP contribution in [0.2, 0.25) is 0 Å². The Morgan fingerprint density at radius 3 is 3.42 bits per heavy atom. The van der Waals surface area contributed by atoms with Gasteiger partial charge in [0.25, 0.3) is 0 Å². The van der Waals surface area contributed by atoms with Gasteiger partial charge in [-0.2, -0.15) is 0 Å². The molecule has 0 spiro atoms. The van der Waals surface area contributed by atoms with E-state index in [0.717, 1.165) is 11.6 Å². The molecule has 0 aliphatic carbocycles. The summed E-state index contributed by atoms with van der Waals surface area (Å²) in [6.07, 6.45) is 3.15. The van der Waals surface area contributed by atoms with Crippen molar-refractivity contribution in [3.8, 4) is 0 Å². The van der Waals surface area contributed by atoms with Crippen LogP contribution in [0.4, 0.5) is 5.69 Å². The summed E-state index contributed by atoms with van der Waals surface area (Å²) < 4.78 is 0. The standard InChI is InChI=1S/C9H12N2S/c1-7-5-8-9(11-6-7)12-4-2-3-10-8/h5-6,10H,2-4H2,1H3. The number of aryl methyl sites for hydroxylation is 1. The van der Waals surface area contributed by atoms with Gasteiger partial charge in [-0.3, -0.25) is 0 Å². The number of thioether (sulfide) groups is 1. The van der Waals surface area contributed by atoms with Gasteiger partial charge in [-0.25, -0.2) is 4.98 Å². The van der Waals surface area contributed by atoms with Crippen LogP contribution in [0.5, 0.6) is 0 Å². The summed E-state index contributed by atoms with van der Waals surface area (Å²) >= 11 is 1.84. The number of aromatic nitrogens is 1. The van der Waals surface area contributed by atoms with E-state index in [1.807, 2.05) is 18.0 Å². The molecule has 64 valence electrons. The van der Waals surface area contributed by atoms with Crippen molar-refractivity contribution in [3.63, 3.8) is 0 Å². The molecule has 1 aromatic rings. The number of anilines is 1. The van der Waals surface area contributed by atoms with Crippen LogP contribution >= 0.6 is 11.8 Å². The molecule has 12 heavy (non-hydrogen) atoms. The van der Waals surface area contributed by atoms with Crippen molar-refractivity contribution in [1.29, 1.82) is 0 Å². The first-order valence-corrected chi connectivity index (χ1v) is 5.18. The first-order chi connectivity index (χ1) is 5.86. The van der Waals surface area contributed by atoms with Crippen molar-refractivity contribution in [2.24, 2.45) is 0 Å². The van der Waals surface area contributed by atoms with Gasteiger partial charge < -0.3 is 5.32 Å². The molecule has 0 saturated heterocycles. The Morgan fingerprint density at radius 1 is 1.58 bits per heavy atom. The Hall–Kier alpha value is -0.700. The molecule has 0 bridgehead atoms. The zero-order chi connectivity index (χ0) is 8.39. The highest BCUT2D eigenvalue weighted by Crippen LogP contribution is 2.28. The van der Waals surface area contributed by atoms with E-state index in [2.05, 4.69) is 23.3 Å². The number of fused-ring (bicyclic) bond motifs is 1. The highest BCUT2D eigenvalue weighted by molar-refractivity contribution is 7.99. The van der Waals surface area contributed by atoms with Gasteiger partial charge in [0, 0.05) is 18.5 Å². The van der Waals surface area contributed by atoms with E-state index in [1.54, 1.807) is 0 Å². The molecule has 2 heterocycles. The molecule has 0 atom stereocenters. The number of rotatable bonds is 0. The van der Waals surface area contributed by atoms with Crippen LogP contribution < -0.4 is 5.32 Å². The lowest BCUT2D eigenvalue weighted by Gasteiger charge is -2.05. The van der Waals surface area contributed by atoms with Crippen LogP contribution in [0.15, 0.2) is 17.3 Å². The largest absolute Gasteiger partial charge is 0.383 e. The Balaban J connectivity index is 2.36. The van der Waals surface area contributed by atoms with Gasteiger partial charge in [-0.15, -0.1) is 11.8 Å². The fourth-order valence-electron chi connectivity index (χ4n) is 1.26. The summed E-state index contributed by atoms with van der Waals surface area (Å²) in [4.78, 5) is 4.38. The Bertz CT molecular complexity index is 286. The summed E-state index contributed by atoms with van der Waals surface area (Å²) in [5.74, 6) is 1.18. The third kappa shape index (κ3) is 1.55. The van der Waals surface area contributed by atoms with Crippen molar-refractivity contribution in [3.05, 3.63) is 17.8 Å². The van der Waals surface area contributed by atoms with Crippen molar-refractivity contribution in [2.75, 3.05) is 17.6 Å². The Kier molecular flexibility index (Phi) is 2.21. The van der Waals surface area contributed by atoms with Crippen LogP contribution in [0.3, 0.4) is 0 Å². The lowest BCUT2D eigenvalue weighted by molar-refractivity contribution is 0.995. The average Bonchev–Trinajstić information content (AvgIpc) is 2.28.